The number of aromatic hydroxyl groups is 1. The molecule has 4 nitrogen and oxygen atoms in total. The van der Waals surface area contributed by atoms with Gasteiger partial charge < -0.3 is 9.52 Å². The van der Waals surface area contributed by atoms with Gasteiger partial charge in [0.1, 0.15) is 11.3 Å². The van der Waals surface area contributed by atoms with E-state index in [2.05, 4.69) is 0 Å². The van der Waals surface area contributed by atoms with Gasteiger partial charge in [-0.3, -0.25) is 9.36 Å². The molecule has 4 heteroatoms. The fraction of sp³-hybridized carbons (Fsp3) is 0.0714. The van der Waals surface area contributed by atoms with Crippen molar-refractivity contribution in [3.63, 3.8) is 0 Å². The molecule has 0 fully saturated rings. The highest BCUT2D eigenvalue weighted by molar-refractivity contribution is 5.76. The van der Waals surface area contributed by atoms with E-state index in [4.69, 9.17) is 4.42 Å². The maximum absolute atomic E-state index is 12.3. The second-order valence-electron chi connectivity index (χ2n) is 4.14. The molecule has 0 saturated carbocycles. The Hall–Kier alpha value is -2.49. The normalized spacial score (nSPS) is 10.9. The largest absolute Gasteiger partial charge is 0.508 e. The van der Waals surface area contributed by atoms with E-state index in [0.717, 1.165) is 11.4 Å². The Labute approximate surface area is 103 Å². The fourth-order valence-corrected chi connectivity index (χ4v) is 2.07. The molecule has 0 spiro atoms. The highest BCUT2D eigenvalue weighted by Crippen LogP contribution is 2.18. The quantitative estimate of drug-likeness (QED) is 0.712. The summed E-state index contributed by atoms with van der Waals surface area (Å²) in [5.74, 6) is 0.175. The highest BCUT2D eigenvalue weighted by Gasteiger charge is 2.10. The van der Waals surface area contributed by atoms with Crippen LogP contribution >= 0.6 is 0 Å². The number of nitrogens with zero attached hydrogens (tertiary/aromatic N) is 1. The van der Waals surface area contributed by atoms with E-state index in [0.29, 0.717) is 11.0 Å². The van der Waals surface area contributed by atoms with E-state index in [1.165, 1.54) is 6.26 Å². The minimum absolute atomic E-state index is 0.121. The van der Waals surface area contributed by atoms with Gasteiger partial charge in [0.2, 0.25) is 0 Å². The first-order valence-electron chi connectivity index (χ1n) is 5.56. The lowest BCUT2D eigenvalue weighted by molar-refractivity contribution is 0.475. The molecule has 18 heavy (non-hydrogen) atoms. The number of aryl methyl sites for hydroxylation is 1. The number of rotatable bonds is 1. The zero-order valence-electron chi connectivity index (χ0n) is 9.75. The van der Waals surface area contributed by atoms with Crippen LogP contribution in [0.25, 0.3) is 16.7 Å². The Balaban J connectivity index is 2.34. The molecular weight excluding hydrogens is 230 g/mol. The van der Waals surface area contributed by atoms with E-state index in [-0.39, 0.29) is 11.3 Å². The summed E-state index contributed by atoms with van der Waals surface area (Å²) in [5.41, 5.74) is 1.98. The minimum Gasteiger partial charge on any atom is -0.508 e. The number of hydrogen-bond acceptors (Lipinski definition) is 3. The maximum atomic E-state index is 12.3. The van der Waals surface area contributed by atoms with Crippen LogP contribution in [-0.4, -0.2) is 9.67 Å². The molecule has 90 valence electrons. The van der Waals surface area contributed by atoms with Crippen molar-refractivity contribution in [3.8, 4) is 11.4 Å². The van der Waals surface area contributed by atoms with Gasteiger partial charge >= 0.3 is 0 Å². The Kier molecular flexibility index (Phi) is 2.23. The SMILES string of the molecule is Cc1cc2occc2c(=O)n1-c1ccc(O)cc1. The number of fused-ring (bicyclic) bond motifs is 1. The number of aromatic nitrogens is 1. The third kappa shape index (κ3) is 1.50. The Bertz CT molecular complexity index is 766. The van der Waals surface area contributed by atoms with Crippen molar-refractivity contribution in [1.82, 2.24) is 4.57 Å². The third-order valence-corrected chi connectivity index (χ3v) is 2.93. The number of pyridine rings is 1. The maximum Gasteiger partial charge on any atom is 0.266 e. The first-order valence-corrected chi connectivity index (χ1v) is 5.56. The number of phenols is 1. The van der Waals surface area contributed by atoms with Crippen molar-refractivity contribution in [1.29, 1.82) is 0 Å². The second kappa shape index (κ2) is 3.77. The molecule has 3 rings (SSSR count). The zero-order valence-corrected chi connectivity index (χ0v) is 9.75. The van der Waals surface area contributed by atoms with Crippen LogP contribution in [0.4, 0.5) is 0 Å². The van der Waals surface area contributed by atoms with Crippen LogP contribution in [0.5, 0.6) is 5.75 Å². The van der Waals surface area contributed by atoms with Gasteiger partial charge in [-0.25, -0.2) is 0 Å². The van der Waals surface area contributed by atoms with Crippen molar-refractivity contribution >= 4 is 11.0 Å². The zero-order chi connectivity index (χ0) is 12.7. The summed E-state index contributed by atoms with van der Waals surface area (Å²) < 4.78 is 6.83. The van der Waals surface area contributed by atoms with Gasteiger partial charge in [0.05, 0.1) is 11.6 Å². The standard InChI is InChI=1S/C14H11NO3/c1-9-8-13-12(6-7-18-13)14(17)15(9)10-2-4-11(16)5-3-10/h2-8,16H,1H3. The molecule has 3 aromatic rings. The van der Waals surface area contributed by atoms with E-state index in [1.54, 1.807) is 34.9 Å². The number of benzene rings is 1. The van der Waals surface area contributed by atoms with Gasteiger partial charge in [-0.2, -0.15) is 0 Å². The van der Waals surface area contributed by atoms with Crippen LogP contribution in [0.1, 0.15) is 5.69 Å². The lowest BCUT2D eigenvalue weighted by Gasteiger charge is -2.09. The van der Waals surface area contributed by atoms with Gasteiger partial charge in [0, 0.05) is 17.4 Å². The fourth-order valence-electron chi connectivity index (χ4n) is 2.07. The van der Waals surface area contributed by atoms with Crippen molar-refractivity contribution in [2.45, 2.75) is 6.92 Å². The number of phenolic OH excluding ortho intramolecular Hbond substituents is 1. The lowest BCUT2D eigenvalue weighted by atomic mass is 10.2. The number of hydrogen-bond donors (Lipinski definition) is 1. The molecule has 0 aliphatic carbocycles. The first kappa shape index (κ1) is 10.7. The topological polar surface area (TPSA) is 55.4 Å². The third-order valence-electron chi connectivity index (χ3n) is 2.93. The summed E-state index contributed by atoms with van der Waals surface area (Å²) in [6.45, 7) is 1.84. The monoisotopic (exact) mass is 241 g/mol. The van der Waals surface area contributed by atoms with E-state index >= 15 is 0 Å². The van der Waals surface area contributed by atoms with Gasteiger partial charge in [-0.05, 0) is 37.3 Å². The second-order valence-corrected chi connectivity index (χ2v) is 4.14. The molecule has 1 aromatic carbocycles. The molecule has 1 N–H and O–H groups in total. The highest BCUT2D eigenvalue weighted by atomic mass is 16.3. The Morgan fingerprint density at radius 3 is 2.61 bits per heavy atom. The lowest BCUT2D eigenvalue weighted by Crippen LogP contribution is -2.19. The molecule has 0 atom stereocenters. The van der Waals surface area contributed by atoms with Crippen LogP contribution in [0.2, 0.25) is 0 Å². The summed E-state index contributed by atoms with van der Waals surface area (Å²) in [4.78, 5) is 12.3. The van der Waals surface area contributed by atoms with E-state index in [1.807, 2.05) is 13.0 Å². The number of furan rings is 1. The van der Waals surface area contributed by atoms with Crippen LogP contribution in [0, 0.1) is 6.92 Å². The van der Waals surface area contributed by atoms with Crippen molar-refractivity contribution < 1.29 is 9.52 Å². The van der Waals surface area contributed by atoms with Gasteiger partial charge in [-0.1, -0.05) is 0 Å². The average molecular weight is 241 g/mol. The molecule has 0 aliphatic rings. The summed E-state index contributed by atoms with van der Waals surface area (Å²) in [7, 11) is 0. The summed E-state index contributed by atoms with van der Waals surface area (Å²) >= 11 is 0. The summed E-state index contributed by atoms with van der Waals surface area (Å²) in [6.07, 6.45) is 1.51. The van der Waals surface area contributed by atoms with Gasteiger partial charge in [0.15, 0.2) is 0 Å². The van der Waals surface area contributed by atoms with Crippen LogP contribution in [-0.2, 0) is 0 Å². The molecule has 0 saturated heterocycles. The Morgan fingerprint density at radius 2 is 1.89 bits per heavy atom. The minimum atomic E-state index is -0.121. The molecule has 0 radical (unpaired) electrons. The van der Waals surface area contributed by atoms with Crippen molar-refractivity contribution in [2.24, 2.45) is 0 Å². The van der Waals surface area contributed by atoms with Crippen LogP contribution in [0.15, 0.2) is 51.9 Å². The Morgan fingerprint density at radius 1 is 1.17 bits per heavy atom. The molecular formula is C14H11NO3. The molecule has 0 bridgehead atoms. The summed E-state index contributed by atoms with van der Waals surface area (Å²) in [5, 5.41) is 9.83. The van der Waals surface area contributed by atoms with E-state index < -0.39 is 0 Å². The predicted molar refractivity (Wildman–Crippen MR) is 68.2 cm³/mol. The van der Waals surface area contributed by atoms with Crippen molar-refractivity contribution in [3.05, 3.63) is 58.7 Å². The van der Waals surface area contributed by atoms with Gasteiger partial charge in [-0.15, -0.1) is 0 Å². The molecule has 2 heterocycles. The summed E-state index contributed by atoms with van der Waals surface area (Å²) in [6, 6.07) is 10.0. The smallest absolute Gasteiger partial charge is 0.266 e. The average Bonchev–Trinajstić information content (AvgIpc) is 2.80. The molecule has 2 aromatic heterocycles. The predicted octanol–water partition coefficient (Wildman–Crippen LogP) is 2.60. The first-order chi connectivity index (χ1) is 8.66. The van der Waals surface area contributed by atoms with Crippen molar-refractivity contribution in [2.75, 3.05) is 0 Å². The van der Waals surface area contributed by atoms with Crippen LogP contribution in [0.3, 0.4) is 0 Å². The molecule has 0 aliphatic heterocycles. The van der Waals surface area contributed by atoms with Gasteiger partial charge in [0.25, 0.3) is 5.56 Å². The van der Waals surface area contributed by atoms with E-state index in [9.17, 15) is 9.90 Å². The molecule has 0 unspecified atom stereocenters. The molecule has 0 amide bonds. The van der Waals surface area contributed by atoms with Crippen LogP contribution < -0.4 is 5.56 Å².